The molecule has 1 heterocycles. The summed E-state index contributed by atoms with van der Waals surface area (Å²) in [5, 5.41) is 10.5. The van der Waals surface area contributed by atoms with Gasteiger partial charge in [-0.2, -0.15) is 0 Å². The molecular formula is C7H2F3IN2O4. The molecule has 0 aliphatic carbocycles. The molecule has 0 amide bonds. The predicted molar refractivity (Wildman–Crippen MR) is 55.7 cm³/mol. The van der Waals surface area contributed by atoms with Crippen molar-refractivity contribution in [3.05, 3.63) is 25.4 Å². The highest BCUT2D eigenvalue weighted by Crippen LogP contribution is 2.34. The molecule has 0 aliphatic rings. The predicted octanol–water partition coefficient (Wildman–Crippen LogP) is 2.31. The van der Waals surface area contributed by atoms with Crippen LogP contribution in [0.5, 0.6) is 5.75 Å². The van der Waals surface area contributed by atoms with Crippen molar-refractivity contribution in [1.82, 2.24) is 4.98 Å². The number of alkyl halides is 3. The minimum absolute atomic E-state index is 0.0694. The lowest BCUT2D eigenvalue weighted by atomic mass is 10.3. The highest BCUT2D eigenvalue weighted by atomic mass is 127. The van der Waals surface area contributed by atoms with Gasteiger partial charge in [-0.05, 0) is 32.5 Å². The lowest BCUT2D eigenvalue weighted by Gasteiger charge is -2.11. The highest BCUT2D eigenvalue weighted by Gasteiger charge is 2.35. The quantitative estimate of drug-likeness (QED) is 0.357. The molecule has 92 valence electrons. The van der Waals surface area contributed by atoms with E-state index in [4.69, 9.17) is 0 Å². The van der Waals surface area contributed by atoms with Crippen LogP contribution in [0, 0.1) is 13.7 Å². The number of halogens is 4. The zero-order chi connectivity index (χ0) is 13.2. The van der Waals surface area contributed by atoms with Crippen molar-refractivity contribution in [3.63, 3.8) is 0 Å². The minimum atomic E-state index is -5.05. The van der Waals surface area contributed by atoms with E-state index >= 15 is 0 Å². The molecule has 0 atom stereocenters. The number of hydrogen-bond donors (Lipinski definition) is 0. The second-order valence-corrected chi connectivity index (χ2v) is 3.68. The average molecular weight is 362 g/mol. The zero-order valence-electron chi connectivity index (χ0n) is 7.69. The first-order chi connectivity index (χ1) is 7.76. The molecule has 0 spiro atoms. The van der Waals surface area contributed by atoms with Crippen molar-refractivity contribution < 1.29 is 27.6 Å². The lowest BCUT2D eigenvalue weighted by Crippen LogP contribution is -2.19. The van der Waals surface area contributed by atoms with Crippen molar-refractivity contribution in [3.8, 4) is 5.75 Å². The van der Waals surface area contributed by atoms with Crippen molar-refractivity contribution in [2.75, 3.05) is 0 Å². The largest absolute Gasteiger partial charge is 0.573 e. The van der Waals surface area contributed by atoms with Crippen LogP contribution in [-0.2, 0) is 0 Å². The number of nitrogens with zero attached hydrogens (tertiary/aromatic N) is 2. The van der Waals surface area contributed by atoms with E-state index in [1.807, 2.05) is 0 Å². The van der Waals surface area contributed by atoms with Gasteiger partial charge in [-0.1, -0.05) is 0 Å². The molecule has 10 heteroatoms. The van der Waals surface area contributed by atoms with E-state index in [0.717, 1.165) is 0 Å². The number of carbonyl (C=O) groups is 1. The Labute approximate surface area is 105 Å². The fourth-order valence-electron chi connectivity index (χ4n) is 0.905. The minimum Gasteiger partial charge on any atom is -0.403 e. The van der Waals surface area contributed by atoms with Crippen molar-refractivity contribution in [2.45, 2.75) is 6.36 Å². The number of aldehydes is 1. The van der Waals surface area contributed by atoms with Gasteiger partial charge in [0.05, 0.1) is 0 Å². The Morgan fingerprint density at radius 2 is 2.12 bits per heavy atom. The molecule has 0 unspecified atom stereocenters. The topological polar surface area (TPSA) is 82.3 Å². The molecule has 1 rings (SSSR count). The van der Waals surface area contributed by atoms with E-state index in [-0.39, 0.29) is 6.29 Å². The smallest absolute Gasteiger partial charge is 0.403 e. The maximum absolute atomic E-state index is 12.0. The van der Waals surface area contributed by atoms with E-state index in [2.05, 4.69) is 9.72 Å². The first-order valence-electron chi connectivity index (χ1n) is 3.80. The normalized spacial score (nSPS) is 11.1. The first kappa shape index (κ1) is 13.6. The maximum atomic E-state index is 12.0. The number of hydrogen-bond acceptors (Lipinski definition) is 5. The van der Waals surface area contributed by atoms with E-state index < -0.39 is 32.0 Å². The van der Waals surface area contributed by atoms with Crippen molar-refractivity contribution in [2.24, 2.45) is 0 Å². The fourth-order valence-corrected chi connectivity index (χ4v) is 1.66. The molecule has 0 bridgehead atoms. The molecule has 0 radical (unpaired) electrons. The summed E-state index contributed by atoms with van der Waals surface area (Å²) in [6, 6.07) is 0. The van der Waals surface area contributed by atoms with Gasteiger partial charge in [-0.3, -0.25) is 4.79 Å². The Bertz CT molecular complexity index is 477. The Kier molecular flexibility index (Phi) is 3.85. The van der Waals surface area contributed by atoms with E-state index in [1.165, 1.54) is 22.6 Å². The Morgan fingerprint density at radius 3 is 2.53 bits per heavy atom. The van der Waals surface area contributed by atoms with Gasteiger partial charge in [0.15, 0.2) is 21.8 Å². The zero-order valence-corrected chi connectivity index (χ0v) is 9.85. The molecule has 0 N–H and O–H groups in total. The second kappa shape index (κ2) is 4.81. The number of carbonyl (C=O) groups excluding carboxylic acids is 1. The number of pyridine rings is 1. The molecule has 6 nitrogen and oxygen atoms in total. The van der Waals surface area contributed by atoms with Crippen LogP contribution in [0.4, 0.5) is 19.0 Å². The van der Waals surface area contributed by atoms with Crippen LogP contribution in [0.25, 0.3) is 0 Å². The van der Waals surface area contributed by atoms with Gasteiger partial charge in [0.25, 0.3) is 0 Å². The summed E-state index contributed by atoms with van der Waals surface area (Å²) in [6.45, 7) is 0. The third kappa shape index (κ3) is 3.25. The molecule has 0 saturated carbocycles. The average Bonchev–Trinajstić information content (AvgIpc) is 2.18. The first-order valence-corrected chi connectivity index (χ1v) is 4.88. The lowest BCUT2D eigenvalue weighted by molar-refractivity contribution is -0.390. The van der Waals surface area contributed by atoms with Gasteiger partial charge in [-0.15, -0.1) is 13.2 Å². The summed E-state index contributed by atoms with van der Waals surface area (Å²) < 4.78 is 39.2. The summed E-state index contributed by atoms with van der Waals surface area (Å²) in [5.41, 5.74) is -0.516. The number of nitro groups is 1. The van der Waals surface area contributed by atoms with Crippen molar-refractivity contribution in [1.29, 1.82) is 0 Å². The highest BCUT2D eigenvalue weighted by molar-refractivity contribution is 14.1. The van der Waals surface area contributed by atoms with Gasteiger partial charge < -0.3 is 14.9 Å². The fraction of sp³-hybridized carbons (Fsp3) is 0.143. The van der Waals surface area contributed by atoms with E-state index in [0.29, 0.717) is 6.20 Å². The van der Waals surface area contributed by atoms with E-state index in [1.54, 1.807) is 0 Å². The van der Waals surface area contributed by atoms with E-state index in [9.17, 15) is 28.1 Å². The van der Waals surface area contributed by atoms with Gasteiger partial charge >= 0.3 is 12.2 Å². The number of rotatable bonds is 3. The summed E-state index contributed by atoms with van der Waals surface area (Å²) in [7, 11) is 0. The molecule has 0 fully saturated rings. The Hall–Kier alpha value is -1.46. The molecular weight excluding hydrogens is 360 g/mol. The monoisotopic (exact) mass is 362 g/mol. The van der Waals surface area contributed by atoms with Crippen LogP contribution in [0.3, 0.4) is 0 Å². The summed E-state index contributed by atoms with van der Waals surface area (Å²) in [6.07, 6.45) is -4.33. The summed E-state index contributed by atoms with van der Waals surface area (Å²) >= 11 is 1.26. The Morgan fingerprint density at radius 1 is 1.53 bits per heavy atom. The van der Waals surface area contributed by atoms with Gasteiger partial charge in [0.1, 0.15) is 5.56 Å². The van der Waals surface area contributed by atoms with Crippen LogP contribution in [0.2, 0.25) is 0 Å². The maximum Gasteiger partial charge on any atom is 0.573 e. The van der Waals surface area contributed by atoms with Gasteiger partial charge in [0.2, 0.25) is 0 Å². The van der Waals surface area contributed by atoms with Crippen LogP contribution in [0.15, 0.2) is 6.20 Å². The number of ether oxygens (including phenoxy) is 1. The molecule has 0 aliphatic heterocycles. The second-order valence-electron chi connectivity index (χ2n) is 2.60. The SMILES string of the molecule is O=Cc1cnc([N+](=O)[O-])c(I)c1OC(F)(F)F. The van der Waals surface area contributed by atoms with Crippen molar-refractivity contribution >= 4 is 34.7 Å². The summed E-state index contributed by atoms with van der Waals surface area (Å²) in [5.74, 6) is -1.73. The molecule has 1 aromatic heterocycles. The van der Waals surface area contributed by atoms with Crippen LogP contribution < -0.4 is 4.74 Å². The van der Waals surface area contributed by atoms with Crippen LogP contribution in [0.1, 0.15) is 10.4 Å². The third-order valence-electron chi connectivity index (χ3n) is 1.50. The van der Waals surface area contributed by atoms with Gasteiger partial charge in [0, 0.05) is 0 Å². The van der Waals surface area contributed by atoms with Crippen LogP contribution >= 0.6 is 22.6 Å². The molecule has 17 heavy (non-hydrogen) atoms. The number of aromatic nitrogens is 1. The van der Waals surface area contributed by atoms with Crippen LogP contribution in [-0.4, -0.2) is 22.6 Å². The van der Waals surface area contributed by atoms with Gasteiger partial charge in [-0.25, -0.2) is 0 Å². The third-order valence-corrected chi connectivity index (χ3v) is 2.47. The molecule has 1 aromatic rings. The Balaban J connectivity index is 3.37. The molecule has 0 saturated heterocycles. The summed E-state index contributed by atoms with van der Waals surface area (Å²) in [4.78, 5) is 23.2. The standard InChI is InChI=1S/C7H2F3IN2O4/c8-7(9,10)17-5-3(2-14)1-12-6(4(5)11)13(15)16/h1-2H. The molecule has 0 aromatic carbocycles.